The molecular weight excluding hydrogens is 422 g/mol. The molecule has 0 aromatic heterocycles. The summed E-state index contributed by atoms with van der Waals surface area (Å²) in [5.74, 6) is -1.30. The van der Waals surface area contributed by atoms with E-state index in [1.807, 2.05) is 48.8 Å². The van der Waals surface area contributed by atoms with E-state index in [2.05, 4.69) is 0 Å². The van der Waals surface area contributed by atoms with E-state index in [4.69, 9.17) is 5.73 Å². The van der Waals surface area contributed by atoms with Gasteiger partial charge in [0.25, 0.3) is 0 Å². The molecule has 0 spiro atoms. The van der Waals surface area contributed by atoms with Crippen molar-refractivity contribution in [2.75, 3.05) is 5.73 Å². The van der Waals surface area contributed by atoms with Gasteiger partial charge < -0.3 is 5.73 Å². The monoisotopic (exact) mass is 446 g/mol. The summed E-state index contributed by atoms with van der Waals surface area (Å²) in [5.41, 5.74) is 6.69. The van der Waals surface area contributed by atoms with Gasteiger partial charge in [-0.05, 0) is 41.7 Å². The number of hydrogen-bond donors (Lipinski definition) is 1. The summed E-state index contributed by atoms with van der Waals surface area (Å²) in [4.78, 5) is 40.7. The van der Waals surface area contributed by atoms with Gasteiger partial charge in [-0.25, -0.2) is 0 Å². The summed E-state index contributed by atoms with van der Waals surface area (Å²) in [6.07, 6.45) is 3.12. The second-order valence-electron chi connectivity index (χ2n) is 8.11. The number of benzene rings is 4. The molecule has 0 aliphatic rings. The van der Waals surface area contributed by atoms with Crippen LogP contribution in [0.2, 0.25) is 0 Å². The van der Waals surface area contributed by atoms with Crippen molar-refractivity contribution in [2.45, 2.75) is 18.3 Å². The van der Waals surface area contributed by atoms with Crippen LogP contribution in [0.25, 0.3) is 0 Å². The molecule has 4 rings (SSSR count). The molecule has 4 aromatic carbocycles. The zero-order valence-corrected chi connectivity index (χ0v) is 18.6. The highest BCUT2D eigenvalue weighted by molar-refractivity contribution is 6.34. The number of para-hydroxylation sites is 1. The Morgan fingerprint density at radius 2 is 1.26 bits per heavy atom. The van der Waals surface area contributed by atoms with E-state index in [1.165, 1.54) is 6.07 Å². The van der Waals surface area contributed by atoms with Crippen LogP contribution in [0.4, 0.5) is 5.69 Å². The molecule has 34 heavy (non-hydrogen) atoms. The van der Waals surface area contributed by atoms with Gasteiger partial charge in [-0.3, -0.25) is 14.4 Å². The smallest absolute Gasteiger partial charge is 0.226 e. The minimum Gasteiger partial charge on any atom is -0.398 e. The highest BCUT2D eigenvalue weighted by Gasteiger charge is 2.50. The lowest BCUT2D eigenvalue weighted by Crippen LogP contribution is -2.46. The fourth-order valence-electron chi connectivity index (χ4n) is 4.24. The predicted molar refractivity (Wildman–Crippen MR) is 134 cm³/mol. The second-order valence-corrected chi connectivity index (χ2v) is 8.11. The maximum absolute atomic E-state index is 14.0. The third kappa shape index (κ3) is 4.30. The maximum Gasteiger partial charge on any atom is 0.226 e. The third-order valence-corrected chi connectivity index (χ3v) is 6.02. The predicted octanol–water partition coefficient (Wildman–Crippen LogP) is 5.17. The van der Waals surface area contributed by atoms with Gasteiger partial charge in [0.2, 0.25) is 6.29 Å². The summed E-state index contributed by atoms with van der Waals surface area (Å²) in [5, 5.41) is 0. The number of rotatable bonds is 9. The number of Topliss-reactive ketones (excluding diaryl/α,β-unsaturated/α-hetero) is 2. The molecule has 167 valence electrons. The van der Waals surface area contributed by atoms with Crippen molar-refractivity contribution in [1.82, 2.24) is 0 Å². The van der Waals surface area contributed by atoms with Gasteiger partial charge in [0.1, 0.15) is 0 Å². The standard InChI is InChI=1S/C30H24NO3/c31-27-18-10-8-16-25(27)29(34)30(21-32,28(33)24-14-5-2-6-15-24)26-17-9-7-13-23(26)20-19-22-11-3-1-4-12-22/h1-18H,19-20,31H2. The zero-order chi connectivity index (χ0) is 24.0. The number of carbonyl (C=O) groups is 2. The number of nitrogen functional groups attached to an aromatic ring is 1. The van der Waals surface area contributed by atoms with Crippen LogP contribution in [-0.4, -0.2) is 17.9 Å². The molecule has 4 nitrogen and oxygen atoms in total. The first kappa shape index (κ1) is 22.9. The molecule has 0 aliphatic carbocycles. The van der Waals surface area contributed by atoms with Crippen molar-refractivity contribution in [3.05, 3.63) is 137 Å². The second kappa shape index (κ2) is 10.1. The summed E-state index contributed by atoms with van der Waals surface area (Å²) in [7, 11) is 0. The van der Waals surface area contributed by atoms with Crippen molar-refractivity contribution < 1.29 is 14.4 Å². The molecule has 1 atom stereocenters. The summed E-state index contributed by atoms with van der Waals surface area (Å²) in [6, 6.07) is 31.9. The fraction of sp³-hybridized carbons (Fsp3) is 0.100. The van der Waals surface area contributed by atoms with Crippen LogP contribution in [0.3, 0.4) is 0 Å². The Bertz CT molecular complexity index is 1320. The molecule has 0 fully saturated rings. The molecular formula is C30H24NO3. The van der Waals surface area contributed by atoms with E-state index in [9.17, 15) is 14.4 Å². The Balaban J connectivity index is 1.88. The largest absolute Gasteiger partial charge is 0.398 e. The molecule has 0 aliphatic heterocycles. The lowest BCUT2D eigenvalue weighted by Gasteiger charge is -2.28. The topological polar surface area (TPSA) is 77.2 Å². The number of hydrogen-bond acceptors (Lipinski definition) is 4. The first-order valence-corrected chi connectivity index (χ1v) is 11.1. The highest BCUT2D eigenvalue weighted by atomic mass is 16.2. The zero-order valence-electron chi connectivity index (χ0n) is 18.6. The van der Waals surface area contributed by atoms with Gasteiger partial charge >= 0.3 is 0 Å². The van der Waals surface area contributed by atoms with Gasteiger partial charge in [0.15, 0.2) is 17.0 Å². The quantitative estimate of drug-likeness (QED) is 0.219. The summed E-state index contributed by atoms with van der Waals surface area (Å²) < 4.78 is 0. The van der Waals surface area contributed by atoms with E-state index in [0.717, 1.165) is 11.1 Å². The highest BCUT2D eigenvalue weighted by Crippen LogP contribution is 2.35. The molecule has 2 N–H and O–H groups in total. The number of anilines is 1. The average molecular weight is 447 g/mol. The van der Waals surface area contributed by atoms with Crippen molar-refractivity contribution in [3.8, 4) is 0 Å². The fourth-order valence-corrected chi connectivity index (χ4v) is 4.24. The molecule has 0 heterocycles. The van der Waals surface area contributed by atoms with Crippen LogP contribution < -0.4 is 5.73 Å². The van der Waals surface area contributed by atoms with Gasteiger partial charge in [0.05, 0.1) is 0 Å². The van der Waals surface area contributed by atoms with Gasteiger partial charge in [-0.2, -0.15) is 0 Å². The van der Waals surface area contributed by atoms with E-state index in [0.29, 0.717) is 18.4 Å². The summed E-state index contributed by atoms with van der Waals surface area (Å²) >= 11 is 0. The molecule has 4 aromatic rings. The minimum atomic E-state index is -2.18. The van der Waals surface area contributed by atoms with Gasteiger partial charge in [0, 0.05) is 16.8 Å². The number of carbonyl (C=O) groups excluding carboxylic acids is 3. The Morgan fingerprint density at radius 1 is 0.676 bits per heavy atom. The van der Waals surface area contributed by atoms with Crippen LogP contribution in [0.1, 0.15) is 37.4 Å². The first-order valence-electron chi connectivity index (χ1n) is 11.1. The van der Waals surface area contributed by atoms with Crippen LogP contribution in [-0.2, 0) is 23.1 Å². The number of aryl methyl sites for hydroxylation is 2. The summed E-state index contributed by atoms with van der Waals surface area (Å²) in [6.45, 7) is 0. The Kier molecular flexibility index (Phi) is 6.79. The van der Waals surface area contributed by atoms with E-state index in [1.54, 1.807) is 60.7 Å². The number of nitrogens with two attached hydrogens (primary N) is 1. The Morgan fingerprint density at radius 3 is 1.94 bits per heavy atom. The van der Waals surface area contributed by atoms with Crippen LogP contribution in [0, 0.1) is 0 Å². The average Bonchev–Trinajstić information content (AvgIpc) is 2.90. The van der Waals surface area contributed by atoms with Crippen molar-refractivity contribution in [2.24, 2.45) is 0 Å². The number of ketones is 2. The SMILES string of the molecule is Nc1ccccc1C(=O)C([C]=O)(C(=O)c1ccccc1)c1ccccc1CCc1ccccc1. The lowest BCUT2D eigenvalue weighted by atomic mass is 9.68. The van der Waals surface area contributed by atoms with Crippen LogP contribution >= 0.6 is 0 Å². The molecule has 0 saturated carbocycles. The minimum absolute atomic E-state index is 0.119. The molecule has 0 saturated heterocycles. The van der Waals surface area contributed by atoms with Crippen LogP contribution in [0.5, 0.6) is 0 Å². The first-order chi connectivity index (χ1) is 16.6. The molecule has 0 bridgehead atoms. The third-order valence-electron chi connectivity index (χ3n) is 6.02. The van der Waals surface area contributed by atoms with Crippen molar-refractivity contribution >= 4 is 23.5 Å². The van der Waals surface area contributed by atoms with Crippen LogP contribution in [0.15, 0.2) is 109 Å². The van der Waals surface area contributed by atoms with Gasteiger partial charge in [-0.15, -0.1) is 0 Å². The lowest BCUT2D eigenvalue weighted by molar-refractivity contribution is 0.0817. The molecule has 1 radical (unpaired) electrons. The van der Waals surface area contributed by atoms with E-state index < -0.39 is 17.0 Å². The van der Waals surface area contributed by atoms with Gasteiger partial charge in [-0.1, -0.05) is 97.1 Å². The Hall–Kier alpha value is -4.31. The Labute approximate surface area is 199 Å². The van der Waals surface area contributed by atoms with E-state index >= 15 is 0 Å². The van der Waals surface area contributed by atoms with Crippen molar-refractivity contribution in [1.29, 1.82) is 0 Å². The molecule has 0 amide bonds. The normalized spacial score (nSPS) is 12.5. The van der Waals surface area contributed by atoms with Crippen molar-refractivity contribution in [3.63, 3.8) is 0 Å². The maximum atomic E-state index is 14.0. The molecule has 4 heteroatoms. The molecule has 1 unspecified atom stereocenters. The van der Waals surface area contributed by atoms with E-state index in [-0.39, 0.29) is 16.8 Å².